The molecule has 2 aliphatic rings. The average molecular weight is 451 g/mol. The van der Waals surface area contributed by atoms with Gasteiger partial charge in [-0.25, -0.2) is 8.78 Å². The van der Waals surface area contributed by atoms with Crippen LogP contribution in [0.3, 0.4) is 0 Å². The largest absolute Gasteiger partial charge is 0.487 e. The zero-order valence-corrected chi connectivity index (χ0v) is 20.2. The SMILES string of the molecule is CCCC1CCC(C2CCC(C[Si]c3cccc(OCCF)c3OCCF)CC2)CC1. The van der Waals surface area contributed by atoms with Gasteiger partial charge in [-0.05, 0) is 60.6 Å². The quantitative estimate of drug-likeness (QED) is 0.336. The first-order valence-electron chi connectivity index (χ1n) is 12.5. The maximum Gasteiger partial charge on any atom is 0.161 e. The minimum atomic E-state index is -0.543. The molecule has 0 N–H and O–H groups in total. The minimum absolute atomic E-state index is 0.00290. The average Bonchev–Trinajstić information content (AvgIpc) is 2.81. The van der Waals surface area contributed by atoms with E-state index >= 15 is 0 Å². The van der Waals surface area contributed by atoms with Gasteiger partial charge in [-0.1, -0.05) is 63.6 Å². The summed E-state index contributed by atoms with van der Waals surface area (Å²) in [7, 11) is 0.621. The maximum atomic E-state index is 12.7. The summed E-state index contributed by atoms with van der Waals surface area (Å²) < 4.78 is 36.4. The summed E-state index contributed by atoms with van der Waals surface area (Å²) in [4.78, 5) is 0. The summed E-state index contributed by atoms with van der Waals surface area (Å²) >= 11 is 0. The van der Waals surface area contributed by atoms with Crippen molar-refractivity contribution in [3.05, 3.63) is 18.2 Å². The molecule has 174 valence electrons. The molecule has 3 rings (SSSR count). The lowest BCUT2D eigenvalue weighted by Gasteiger charge is -2.38. The predicted molar refractivity (Wildman–Crippen MR) is 125 cm³/mol. The summed E-state index contributed by atoms with van der Waals surface area (Å²) in [6.07, 6.45) is 14.1. The monoisotopic (exact) mass is 450 g/mol. The van der Waals surface area contributed by atoms with Gasteiger partial charge in [0.25, 0.3) is 0 Å². The molecule has 2 nitrogen and oxygen atoms in total. The Morgan fingerprint density at radius 1 is 0.839 bits per heavy atom. The highest BCUT2D eigenvalue weighted by molar-refractivity contribution is 6.54. The van der Waals surface area contributed by atoms with Gasteiger partial charge in [0.15, 0.2) is 11.5 Å². The second kappa shape index (κ2) is 13.4. The van der Waals surface area contributed by atoms with E-state index in [-0.39, 0.29) is 13.2 Å². The lowest BCUT2D eigenvalue weighted by molar-refractivity contribution is 0.147. The van der Waals surface area contributed by atoms with Gasteiger partial charge in [-0.2, -0.15) is 0 Å². The fraction of sp³-hybridized carbons (Fsp3) is 0.769. The zero-order valence-electron chi connectivity index (χ0n) is 19.2. The highest BCUT2D eigenvalue weighted by Gasteiger charge is 2.30. The lowest BCUT2D eigenvalue weighted by atomic mass is 9.69. The van der Waals surface area contributed by atoms with Crippen LogP contribution < -0.4 is 14.7 Å². The topological polar surface area (TPSA) is 18.5 Å². The number of halogens is 2. The molecule has 31 heavy (non-hydrogen) atoms. The molecule has 0 spiro atoms. The van der Waals surface area contributed by atoms with Crippen LogP contribution in [-0.4, -0.2) is 36.1 Å². The summed E-state index contributed by atoms with van der Waals surface area (Å²) in [6.45, 7) is 1.25. The first-order valence-corrected chi connectivity index (χ1v) is 13.7. The number of ether oxygens (including phenoxy) is 2. The Labute approximate surface area is 190 Å². The van der Waals surface area contributed by atoms with Gasteiger partial charge in [0.2, 0.25) is 0 Å². The Hall–Kier alpha value is -1.10. The van der Waals surface area contributed by atoms with Crippen molar-refractivity contribution in [2.45, 2.75) is 77.2 Å². The first-order chi connectivity index (χ1) is 15.2. The van der Waals surface area contributed by atoms with Crippen molar-refractivity contribution in [2.24, 2.45) is 23.7 Å². The van der Waals surface area contributed by atoms with Crippen molar-refractivity contribution in [3.63, 3.8) is 0 Å². The van der Waals surface area contributed by atoms with Crippen LogP contribution in [0.1, 0.15) is 71.1 Å². The minimum Gasteiger partial charge on any atom is -0.487 e. The Morgan fingerprint density at radius 2 is 1.45 bits per heavy atom. The van der Waals surface area contributed by atoms with Gasteiger partial charge >= 0.3 is 0 Å². The summed E-state index contributed by atoms with van der Waals surface area (Å²) in [5.74, 6) is 4.85. The highest BCUT2D eigenvalue weighted by atomic mass is 28.2. The van der Waals surface area contributed by atoms with Crippen molar-refractivity contribution in [2.75, 3.05) is 26.6 Å². The number of benzene rings is 1. The number of hydrogen-bond acceptors (Lipinski definition) is 2. The van der Waals surface area contributed by atoms with Crippen molar-refractivity contribution in [3.8, 4) is 11.5 Å². The number of rotatable bonds is 12. The van der Waals surface area contributed by atoms with E-state index in [2.05, 4.69) is 13.0 Å². The van der Waals surface area contributed by atoms with Crippen molar-refractivity contribution >= 4 is 14.7 Å². The van der Waals surface area contributed by atoms with Crippen LogP contribution in [0.15, 0.2) is 18.2 Å². The van der Waals surface area contributed by atoms with Crippen molar-refractivity contribution < 1.29 is 18.3 Å². The Balaban J connectivity index is 1.47. The molecule has 0 atom stereocenters. The van der Waals surface area contributed by atoms with E-state index in [4.69, 9.17) is 9.47 Å². The number of para-hydroxylation sites is 1. The maximum absolute atomic E-state index is 12.7. The van der Waals surface area contributed by atoms with Crippen LogP contribution in [0.5, 0.6) is 11.5 Å². The van der Waals surface area contributed by atoms with E-state index in [0.717, 1.165) is 34.9 Å². The van der Waals surface area contributed by atoms with Crippen LogP contribution in [0, 0.1) is 23.7 Å². The molecule has 0 saturated heterocycles. The second-order valence-corrected chi connectivity index (χ2v) is 10.7. The molecule has 0 bridgehead atoms. The third kappa shape index (κ3) is 7.47. The zero-order chi connectivity index (χ0) is 21.9. The van der Waals surface area contributed by atoms with Gasteiger partial charge in [-0.3, -0.25) is 0 Å². The third-order valence-corrected chi connectivity index (χ3v) is 8.92. The normalized spacial score (nSPS) is 26.5. The van der Waals surface area contributed by atoms with Gasteiger partial charge in [-0.15, -0.1) is 0 Å². The first kappa shape index (κ1) is 24.5. The van der Waals surface area contributed by atoms with Crippen LogP contribution >= 0.6 is 0 Å². The molecule has 2 radical (unpaired) electrons. The molecule has 0 aliphatic heterocycles. The van der Waals surface area contributed by atoms with Gasteiger partial charge in [0, 0.05) is 0 Å². The smallest absolute Gasteiger partial charge is 0.161 e. The fourth-order valence-corrected chi connectivity index (χ4v) is 7.17. The van der Waals surface area contributed by atoms with E-state index in [1.165, 1.54) is 64.2 Å². The van der Waals surface area contributed by atoms with Crippen LogP contribution in [0.25, 0.3) is 0 Å². The third-order valence-electron chi connectivity index (χ3n) is 7.36. The van der Waals surface area contributed by atoms with E-state index in [1.54, 1.807) is 6.07 Å². The number of hydrogen-bond donors (Lipinski definition) is 0. The fourth-order valence-electron chi connectivity index (χ4n) is 5.68. The predicted octanol–water partition coefficient (Wildman–Crippen LogP) is 6.54. The second-order valence-electron chi connectivity index (χ2n) is 9.44. The molecule has 2 aliphatic carbocycles. The van der Waals surface area contributed by atoms with Crippen molar-refractivity contribution in [1.82, 2.24) is 0 Å². The van der Waals surface area contributed by atoms with Gasteiger partial charge in [0.05, 0.1) is 9.52 Å². The molecule has 0 heterocycles. The summed E-state index contributed by atoms with van der Waals surface area (Å²) in [5, 5.41) is 1.08. The standard InChI is InChI=1S/C26H40F2O2Si/c1-2-4-20-7-11-22(12-8-20)23-13-9-21(10-14-23)19-31-25-6-3-5-24(29-17-15-27)26(25)30-18-16-28/h3,5-6,20-23H,2,4,7-19H2,1H3. The highest BCUT2D eigenvalue weighted by Crippen LogP contribution is 2.42. The van der Waals surface area contributed by atoms with Crippen molar-refractivity contribution in [1.29, 1.82) is 0 Å². The Morgan fingerprint density at radius 3 is 2.06 bits per heavy atom. The van der Waals surface area contributed by atoms with E-state index in [9.17, 15) is 8.78 Å². The van der Waals surface area contributed by atoms with Crippen LogP contribution in [0.2, 0.25) is 6.04 Å². The van der Waals surface area contributed by atoms with Gasteiger partial charge < -0.3 is 9.47 Å². The van der Waals surface area contributed by atoms with E-state index in [1.807, 2.05) is 6.07 Å². The van der Waals surface area contributed by atoms with E-state index in [0.29, 0.717) is 21.0 Å². The molecule has 1 aromatic carbocycles. The molecule has 0 unspecified atom stereocenters. The summed E-state index contributed by atoms with van der Waals surface area (Å²) in [5.41, 5.74) is 0. The Kier molecular flexibility index (Phi) is 10.6. The molecule has 0 amide bonds. The molecule has 2 fully saturated rings. The molecule has 0 aromatic heterocycles. The molecule has 1 aromatic rings. The van der Waals surface area contributed by atoms with E-state index < -0.39 is 13.3 Å². The van der Waals surface area contributed by atoms with Crippen LogP contribution in [-0.2, 0) is 0 Å². The van der Waals surface area contributed by atoms with Crippen LogP contribution in [0.4, 0.5) is 8.78 Å². The van der Waals surface area contributed by atoms with Gasteiger partial charge in [0.1, 0.15) is 26.6 Å². The molecular formula is C26H40F2O2Si. The summed E-state index contributed by atoms with van der Waals surface area (Å²) in [6, 6.07) is 6.94. The molecule has 2 saturated carbocycles. The molecular weight excluding hydrogens is 410 g/mol. The molecule has 5 heteroatoms. The Bertz CT molecular complexity index is 626. The number of alkyl halides is 2. The lowest BCUT2D eigenvalue weighted by Crippen LogP contribution is -2.27.